The summed E-state index contributed by atoms with van der Waals surface area (Å²) in [5.41, 5.74) is 0.858. The molecular formula is C38H36F8O. The van der Waals surface area contributed by atoms with Crippen LogP contribution in [0.4, 0.5) is 35.1 Å². The molecule has 0 radical (unpaired) electrons. The average Bonchev–Trinajstić information content (AvgIpc) is 3.05. The molecule has 0 bridgehead atoms. The van der Waals surface area contributed by atoms with E-state index in [-0.39, 0.29) is 22.6 Å². The van der Waals surface area contributed by atoms with E-state index in [4.69, 9.17) is 4.74 Å². The molecule has 0 heterocycles. The Hall–Kier alpha value is -3.72. The molecule has 1 saturated carbocycles. The Kier molecular flexibility index (Phi) is 10.7. The van der Waals surface area contributed by atoms with Gasteiger partial charge in [-0.25, -0.2) is 17.6 Å². The Morgan fingerprint density at radius 1 is 0.681 bits per heavy atom. The second kappa shape index (κ2) is 14.6. The van der Waals surface area contributed by atoms with Gasteiger partial charge >= 0.3 is 12.0 Å². The largest absolute Gasteiger partial charge is 0.383 e. The summed E-state index contributed by atoms with van der Waals surface area (Å²) >= 11 is 0. The van der Waals surface area contributed by atoms with Crippen LogP contribution in [0, 0.1) is 17.5 Å². The maximum absolute atomic E-state index is 15.1. The Morgan fingerprint density at radius 2 is 1.28 bits per heavy atom. The number of alkyl halides is 5. The van der Waals surface area contributed by atoms with Gasteiger partial charge in [0, 0.05) is 5.56 Å². The van der Waals surface area contributed by atoms with Crippen molar-refractivity contribution in [2.45, 2.75) is 82.3 Å². The van der Waals surface area contributed by atoms with Gasteiger partial charge in [0.05, 0.1) is 17.2 Å². The molecule has 0 N–H and O–H groups in total. The molecule has 250 valence electrons. The minimum absolute atomic E-state index is 0.144. The van der Waals surface area contributed by atoms with Crippen LogP contribution in [0.15, 0.2) is 78.9 Å². The second-order valence-corrected chi connectivity index (χ2v) is 12.2. The number of halogens is 8. The summed E-state index contributed by atoms with van der Waals surface area (Å²) in [4.78, 5) is 0. The van der Waals surface area contributed by atoms with Gasteiger partial charge in [-0.2, -0.15) is 17.6 Å². The first kappa shape index (κ1) is 34.6. The topological polar surface area (TPSA) is 9.23 Å². The number of ether oxygens (including phenoxy) is 1. The van der Waals surface area contributed by atoms with Gasteiger partial charge in [0.1, 0.15) is 17.5 Å². The van der Waals surface area contributed by atoms with E-state index in [9.17, 15) is 30.7 Å². The normalized spacial score (nSPS) is 17.2. The molecule has 0 aliphatic heterocycles. The smallest absolute Gasteiger partial charge is 0.313 e. The van der Waals surface area contributed by atoms with E-state index in [1.54, 1.807) is 24.3 Å². The number of rotatable bonds is 12. The molecule has 0 aromatic heterocycles. The average molecular weight is 661 g/mol. The number of unbranched alkanes of at least 4 members (excludes halogenated alkanes) is 2. The summed E-state index contributed by atoms with van der Waals surface area (Å²) in [6, 6.07) is 18.9. The summed E-state index contributed by atoms with van der Waals surface area (Å²) < 4.78 is 119. The SMILES string of the molecule is CCCCCc1ccc(C(F)(F)OC2CCC(c3ccc(-c4ccc(-c5cc(F)c(C(F)(F)CF)c(F)c5)c(F)c4)cc3)CC2)cc1. The molecule has 1 aliphatic rings. The molecule has 47 heavy (non-hydrogen) atoms. The van der Waals surface area contributed by atoms with Crippen LogP contribution in [0.1, 0.15) is 80.0 Å². The highest BCUT2D eigenvalue weighted by atomic mass is 19.3. The van der Waals surface area contributed by atoms with Crippen LogP contribution >= 0.6 is 0 Å². The highest BCUT2D eigenvalue weighted by Gasteiger charge is 2.39. The standard InChI is InChI=1S/C38H36F8O/c1-2-3-4-5-24-6-15-30(16-7-24)38(45,46)47-31-17-12-26(13-18-31)25-8-10-27(11-9-25)28-14-19-32(33(40)20-28)29-21-34(41)36(35(42)22-29)37(43,44)23-39/h6-11,14-16,19-22,26,31H,2-5,12-13,17-18,23H2,1H3. The lowest BCUT2D eigenvalue weighted by Gasteiger charge is -2.31. The molecule has 5 rings (SSSR count). The minimum atomic E-state index is -4.34. The molecule has 1 nitrogen and oxygen atoms in total. The Balaban J connectivity index is 1.19. The predicted molar refractivity (Wildman–Crippen MR) is 167 cm³/mol. The van der Waals surface area contributed by atoms with Crippen LogP contribution in [0.2, 0.25) is 0 Å². The highest BCUT2D eigenvalue weighted by Crippen LogP contribution is 2.40. The van der Waals surface area contributed by atoms with Crippen molar-refractivity contribution in [2.75, 3.05) is 6.67 Å². The zero-order valence-corrected chi connectivity index (χ0v) is 26.0. The Labute approximate surface area is 269 Å². The summed E-state index contributed by atoms with van der Waals surface area (Å²) in [7, 11) is 0. The number of aryl methyl sites for hydroxylation is 1. The first-order valence-electron chi connectivity index (χ1n) is 15.9. The lowest BCUT2D eigenvalue weighted by atomic mass is 9.82. The molecule has 1 aliphatic carbocycles. The number of benzene rings is 4. The van der Waals surface area contributed by atoms with Gasteiger partial charge < -0.3 is 4.74 Å². The van der Waals surface area contributed by atoms with Gasteiger partial charge in [0.2, 0.25) is 0 Å². The first-order valence-corrected chi connectivity index (χ1v) is 15.9. The molecule has 4 aromatic carbocycles. The van der Waals surface area contributed by atoms with Gasteiger partial charge in [-0.1, -0.05) is 80.4 Å². The quantitative estimate of drug-likeness (QED) is 0.109. The van der Waals surface area contributed by atoms with Crippen molar-refractivity contribution in [3.63, 3.8) is 0 Å². The summed E-state index contributed by atoms with van der Waals surface area (Å²) in [5.74, 6) is -8.36. The van der Waals surface area contributed by atoms with Crippen LogP contribution < -0.4 is 0 Å². The van der Waals surface area contributed by atoms with Gasteiger partial charge in [-0.15, -0.1) is 0 Å². The fraction of sp³-hybridized carbons (Fsp3) is 0.368. The predicted octanol–water partition coefficient (Wildman–Crippen LogP) is 12.0. The fourth-order valence-corrected chi connectivity index (χ4v) is 6.26. The van der Waals surface area contributed by atoms with Crippen molar-refractivity contribution < 1.29 is 39.9 Å². The van der Waals surface area contributed by atoms with Crippen molar-refractivity contribution in [3.05, 3.63) is 119 Å². The summed E-state index contributed by atoms with van der Waals surface area (Å²) in [5, 5.41) is 0. The highest BCUT2D eigenvalue weighted by molar-refractivity contribution is 5.71. The van der Waals surface area contributed by atoms with Crippen molar-refractivity contribution in [2.24, 2.45) is 0 Å². The van der Waals surface area contributed by atoms with Crippen LogP contribution in [-0.2, 0) is 23.2 Å². The summed E-state index contributed by atoms with van der Waals surface area (Å²) in [6.45, 7) is -0.154. The van der Waals surface area contributed by atoms with Gasteiger partial charge in [0.25, 0.3) is 0 Å². The Bertz CT molecular complexity index is 1620. The molecule has 0 atom stereocenters. The first-order chi connectivity index (χ1) is 22.4. The van der Waals surface area contributed by atoms with Crippen molar-refractivity contribution in [1.82, 2.24) is 0 Å². The molecule has 9 heteroatoms. The van der Waals surface area contributed by atoms with Gasteiger partial charge in [0.15, 0.2) is 6.67 Å². The molecule has 0 saturated heterocycles. The molecule has 0 unspecified atom stereocenters. The third-order valence-electron chi connectivity index (χ3n) is 8.92. The van der Waals surface area contributed by atoms with Gasteiger partial charge in [-0.05, 0) is 90.5 Å². The lowest BCUT2D eigenvalue weighted by Crippen LogP contribution is -2.29. The second-order valence-electron chi connectivity index (χ2n) is 12.2. The maximum Gasteiger partial charge on any atom is 0.383 e. The Morgan fingerprint density at radius 3 is 1.85 bits per heavy atom. The molecule has 0 amide bonds. The van der Waals surface area contributed by atoms with Crippen molar-refractivity contribution in [1.29, 1.82) is 0 Å². The van der Waals surface area contributed by atoms with E-state index in [0.717, 1.165) is 36.8 Å². The molecule has 0 spiro atoms. The fourth-order valence-electron chi connectivity index (χ4n) is 6.26. The van der Waals surface area contributed by atoms with Crippen LogP contribution in [-0.4, -0.2) is 12.8 Å². The maximum atomic E-state index is 15.1. The lowest BCUT2D eigenvalue weighted by molar-refractivity contribution is -0.277. The monoisotopic (exact) mass is 660 g/mol. The van der Waals surface area contributed by atoms with E-state index in [2.05, 4.69) is 6.92 Å². The van der Waals surface area contributed by atoms with Crippen molar-refractivity contribution >= 4 is 0 Å². The van der Waals surface area contributed by atoms with E-state index in [1.807, 2.05) is 12.1 Å². The van der Waals surface area contributed by atoms with Crippen molar-refractivity contribution in [3.8, 4) is 22.3 Å². The third-order valence-corrected chi connectivity index (χ3v) is 8.92. The van der Waals surface area contributed by atoms with Crippen LogP contribution in [0.5, 0.6) is 0 Å². The van der Waals surface area contributed by atoms with E-state index >= 15 is 4.39 Å². The zero-order chi connectivity index (χ0) is 33.8. The van der Waals surface area contributed by atoms with Gasteiger partial charge in [-0.3, -0.25) is 0 Å². The van der Waals surface area contributed by atoms with E-state index < -0.39 is 47.8 Å². The zero-order valence-electron chi connectivity index (χ0n) is 26.0. The summed E-state index contributed by atoms with van der Waals surface area (Å²) in [6.07, 6.45) is 2.47. The minimum Gasteiger partial charge on any atom is -0.313 e. The van der Waals surface area contributed by atoms with E-state index in [0.29, 0.717) is 48.9 Å². The van der Waals surface area contributed by atoms with Crippen LogP contribution in [0.25, 0.3) is 22.3 Å². The molecular weight excluding hydrogens is 624 g/mol. The number of hydrogen-bond acceptors (Lipinski definition) is 1. The molecule has 4 aromatic rings. The molecule has 1 fully saturated rings. The third kappa shape index (κ3) is 8.06. The van der Waals surface area contributed by atoms with Crippen LogP contribution in [0.3, 0.4) is 0 Å². The van der Waals surface area contributed by atoms with E-state index in [1.165, 1.54) is 30.3 Å². The number of hydrogen-bond donors (Lipinski definition) is 0.